The fraction of sp³-hybridized carbons (Fsp3) is 0.312. The number of hydrogen-bond donors (Lipinski definition) is 1. The first-order chi connectivity index (χ1) is 12.0. The largest absolute Gasteiger partial charge is 0.450 e. The molecule has 3 rings (SSSR count). The number of nitrogens with one attached hydrogen (secondary N) is 1. The van der Waals surface area contributed by atoms with Crippen molar-refractivity contribution in [3.63, 3.8) is 0 Å². The van der Waals surface area contributed by atoms with Crippen LogP contribution < -0.4 is 5.32 Å². The van der Waals surface area contributed by atoms with Gasteiger partial charge in [0.15, 0.2) is 5.13 Å². The Morgan fingerprint density at radius 3 is 3.00 bits per heavy atom. The van der Waals surface area contributed by atoms with Crippen LogP contribution in [0.3, 0.4) is 0 Å². The molecule has 9 heteroatoms. The van der Waals surface area contributed by atoms with Gasteiger partial charge in [-0.15, -0.1) is 0 Å². The Labute approximate surface area is 152 Å². The number of benzene rings is 1. The van der Waals surface area contributed by atoms with Gasteiger partial charge in [0.25, 0.3) is 5.91 Å². The number of thiazole rings is 1. The van der Waals surface area contributed by atoms with Gasteiger partial charge in [-0.3, -0.25) is 10.1 Å². The molecule has 1 aromatic carbocycles. The highest BCUT2D eigenvalue weighted by atomic mass is 35.5. The van der Waals surface area contributed by atoms with Crippen molar-refractivity contribution in [1.29, 1.82) is 0 Å². The van der Waals surface area contributed by atoms with Crippen molar-refractivity contribution in [1.82, 2.24) is 9.88 Å². The summed E-state index contributed by atoms with van der Waals surface area (Å²) in [6.45, 7) is 2.95. The maximum Gasteiger partial charge on any atom is 0.410 e. The Hall–Kier alpha value is -2.19. The van der Waals surface area contributed by atoms with Crippen LogP contribution in [0.5, 0.6) is 0 Å². The number of rotatable bonds is 3. The summed E-state index contributed by atoms with van der Waals surface area (Å²) in [5, 5.41) is 2.96. The number of carbonyl (C=O) groups is 2. The van der Waals surface area contributed by atoms with Crippen LogP contribution in [0.15, 0.2) is 18.2 Å². The molecular weight excluding hydrogens is 369 g/mol. The quantitative estimate of drug-likeness (QED) is 0.877. The Kier molecular flexibility index (Phi) is 5.19. The smallest absolute Gasteiger partial charge is 0.410 e. The Bertz CT molecular complexity index is 807. The van der Waals surface area contributed by atoms with Crippen molar-refractivity contribution in [3.05, 3.63) is 45.2 Å². The van der Waals surface area contributed by atoms with Crippen LogP contribution >= 0.6 is 22.9 Å². The molecule has 0 bridgehead atoms. The van der Waals surface area contributed by atoms with Gasteiger partial charge in [-0.05, 0) is 19.1 Å². The zero-order valence-electron chi connectivity index (χ0n) is 13.3. The number of halogens is 2. The predicted molar refractivity (Wildman–Crippen MR) is 92.6 cm³/mol. The van der Waals surface area contributed by atoms with Gasteiger partial charge in [-0.1, -0.05) is 29.0 Å². The minimum atomic E-state index is -0.695. The van der Waals surface area contributed by atoms with Crippen molar-refractivity contribution in [3.8, 4) is 0 Å². The molecule has 0 unspecified atom stereocenters. The molecule has 1 aromatic heterocycles. The van der Waals surface area contributed by atoms with Gasteiger partial charge in [0.05, 0.1) is 29.4 Å². The van der Waals surface area contributed by atoms with Gasteiger partial charge in [-0.25, -0.2) is 14.2 Å². The lowest BCUT2D eigenvalue weighted by Crippen LogP contribution is -2.35. The molecule has 0 aliphatic carbocycles. The second-order valence-corrected chi connectivity index (χ2v) is 6.80. The number of nitrogens with zero attached hydrogens (tertiary/aromatic N) is 2. The summed E-state index contributed by atoms with van der Waals surface area (Å²) in [5.74, 6) is -1.35. The van der Waals surface area contributed by atoms with Gasteiger partial charge in [0.2, 0.25) is 0 Å². The van der Waals surface area contributed by atoms with Crippen LogP contribution in [0.2, 0.25) is 5.02 Å². The highest BCUT2D eigenvalue weighted by Crippen LogP contribution is 2.29. The molecule has 1 N–H and O–H groups in total. The number of hydrogen-bond acceptors (Lipinski definition) is 5. The van der Waals surface area contributed by atoms with Crippen molar-refractivity contribution in [2.75, 3.05) is 18.5 Å². The summed E-state index contributed by atoms with van der Waals surface area (Å²) < 4.78 is 18.8. The van der Waals surface area contributed by atoms with E-state index in [1.165, 1.54) is 29.5 Å². The molecule has 1 aliphatic rings. The van der Waals surface area contributed by atoms with E-state index >= 15 is 0 Å². The van der Waals surface area contributed by atoms with E-state index in [-0.39, 0.29) is 16.7 Å². The molecular formula is C16H15ClFN3O3S. The maximum atomic E-state index is 13.8. The summed E-state index contributed by atoms with van der Waals surface area (Å²) in [4.78, 5) is 30.9. The molecule has 0 saturated carbocycles. The summed E-state index contributed by atoms with van der Waals surface area (Å²) in [6, 6.07) is 4.05. The molecule has 0 radical (unpaired) electrons. The monoisotopic (exact) mass is 383 g/mol. The molecule has 0 spiro atoms. The van der Waals surface area contributed by atoms with Crippen LogP contribution in [0, 0.1) is 5.82 Å². The Morgan fingerprint density at radius 2 is 2.28 bits per heavy atom. The zero-order valence-corrected chi connectivity index (χ0v) is 14.9. The van der Waals surface area contributed by atoms with E-state index in [1.807, 2.05) is 0 Å². The number of anilines is 1. The molecule has 1 aliphatic heterocycles. The lowest BCUT2D eigenvalue weighted by Gasteiger charge is -2.24. The first kappa shape index (κ1) is 17.6. The highest BCUT2D eigenvalue weighted by molar-refractivity contribution is 7.15. The van der Waals surface area contributed by atoms with Crippen LogP contribution in [0.4, 0.5) is 14.3 Å². The first-order valence-corrected chi connectivity index (χ1v) is 8.84. The molecule has 0 saturated heterocycles. The minimum absolute atomic E-state index is 0.0345. The summed E-state index contributed by atoms with van der Waals surface area (Å²) >= 11 is 7.15. The first-order valence-electron chi connectivity index (χ1n) is 7.65. The highest BCUT2D eigenvalue weighted by Gasteiger charge is 2.26. The molecule has 132 valence electrons. The van der Waals surface area contributed by atoms with E-state index in [0.29, 0.717) is 31.2 Å². The van der Waals surface area contributed by atoms with Crippen molar-refractivity contribution < 1.29 is 18.7 Å². The van der Waals surface area contributed by atoms with Gasteiger partial charge in [0, 0.05) is 17.8 Å². The standard InChI is InChI=1S/C16H15ClFN3O3S/c1-2-24-16(23)21-7-6-11-12(8-21)25-15(19-11)20-14(22)13-9(17)4-3-5-10(13)18/h3-5H,2,6-8H2,1H3,(H,19,20,22). The maximum absolute atomic E-state index is 13.8. The van der Waals surface area contributed by atoms with Crippen molar-refractivity contribution >= 4 is 40.1 Å². The van der Waals surface area contributed by atoms with E-state index in [1.54, 1.807) is 11.8 Å². The lowest BCUT2D eigenvalue weighted by molar-refractivity contribution is 0.101. The molecule has 25 heavy (non-hydrogen) atoms. The number of ether oxygens (including phenoxy) is 1. The Balaban J connectivity index is 1.74. The molecule has 0 atom stereocenters. The fourth-order valence-corrected chi connectivity index (χ4v) is 3.76. The second kappa shape index (κ2) is 7.37. The van der Waals surface area contributed by atoms with Gasteiger partial charge < -0.3 is 9.64 Å². The molecule has 2 aromatic rings. The minimum Gasteiger partial charge on any atom is -0.450 e. The van der Waals surface area contributed by atoms with Crippen molar-refractivity contribution in [2.45, 2.75) is 19.9 Å². The van der Waals surface area contributed by atoms with E-state index in [2.05, 4.69) is 10.3 Å². The number of amides is 2. The normalized spacial score (nSPS) is 13.3. The third-order valence-electron chi connectivity index (χ3n) is 3.67. The molecule has 0 fully saturated rings. The summed E-state index contributed by atoms with van der Waals surface area (Å²) in [6.07, 6.45) is 0.200. The average molecular weight is 384 g/mol. The number of aromatic nitrogens is 1. The summed E-state index contributed by atoms with van der Waals surface area (Å²) in [5.41, 5.74) is 0.603. The van der Waals surface area contributed by atoms with Crippen molar-refractivity contribution in [2.24, 2.45) is 0 Å². The third-order valence-corrected chi connectivity index (χ3v) is 4.98. The zero-order chi connectivity index (χ0) is 18.0. The van der Waals surface area contributed by atoms with Crippen LogP contribution in [-0.4, -0.2) is 35.0 Å². The summed E-state index contributed by atoms with van der Waals surface area (Å²) in [7, 11) is 0. The van der Waals surface area contributed by atoms with E-state index in [9.17, 15) is 14.0 Å². The van der Waals surface area contributed by atoms with Crippen LogP contribution in [0.1, 0.15) is 27.9 Å². The fourth-order valence-electron chi connectivity index (χ4n) is 2.49. The van der Waals surface area contributed by atoms with Crippen LogP contribution in [-0.2, 0) is 17.7 Å². The van der Waals surface area contributed by atoms with E-state index < -0.39 is 11.7 Å². The number of fused-ring (bicyclic) bond motifs is 1. The average Bonchev–Trinajstić information content (AvgIpc) is 2.96. The van der Waals surface area contributed by atoms with E-state index in [4.69, 9.17) is 16.3 Å². The van der Waals surface area contributed by atoms with Crippen LogP contribution in [0.25, 0.3) is 0 Å². The van der Waals surface area contributed by atoms with E-state index in [0.717, 1.165) is 10.6 Å². The second-order valence-electron chi connectivity index (χ2n) is 5.31. The molecule has 2 heterocycles. The molecule has 6 nitrogen and oxygen atoms in total. The number of carbonyl (C=O) groups excluding carboxylic acids is 2. The SMILES string of the molecule is CCOC(=O)N1CCc2nc(NC(=O)c3c(F)cccc3Cl)sc2C1. The predicted octanol–water partition coefficient (Wildman–Crippen LogP) is 3.70. The third kappa shape index (κ3) is 3.74. The lowest BCUT2D eigenvalue weighted by atomic mass is 10.2. The van der Waals surface area contributed by atoms with Gasteiger partial charge >= 0.3 is 6.09 Å². The van der Waals surface area contributed by atoms with Gasteiger partial charge in [0.1, 0.15) is 5.82 Å². The Morgan fingerprint density at radius 1 is 1.48 bits per heavy atom. The molecule has 2 amide bonds. The van der Waals surface area contributed by atoms with Gasteiger partial charge in [-0.2, -0.15) is 0 Å². The topological polar surface area (TPSA) is 71.5 Å².